The van der Waals surface area contributed by atoms with Crippen molar-refractivity contribution in [3.63, 3.8) is 0 Å². The molecule has 1 saturated heterocycles. The van der Waals surface area contributed by atoms with Crippen molar-refractivity contribution in [2.24, 2.45) is 0 Å². The van der Waals surface area contributed by atoms with Crippen LogP contribution in [0.5, 0.6) is 0 Å². The van der Waals surface area contributed by atoms with Crippen LogP contribution in [-0.2, 0) is 0 Å². The number of hydrogen-bond donors (Lipinski definition) is 2. The maximum atomic E-state index is 12.8. The zero-order chi connectivity index (χ0) is 10.8. The van der Waals surface area contributed by atoms with Gasteiger partial charge in [0.25, 0.3) is 0 Å². The van der Waals surface area contributed by atoms with Crippen molar-refractivity contribution in [2.75, 3.05) is 11.5 Å². The number of aliphatic hydroxyl groups excluding tert-OH is 1. The second-order valence-electron chi connectivity index (χ2n) is 3.77. The van der Waals surface area contributed by atoms with Crippen molar-refractivity contribution in [1.82, 2.24) is 0 Å². The van der Waals surface area contributed by atoms with Crippen molar-refractivity contribution < 1.29 is 9.50 Å². The highest BCUT2D eigenvalue weighted by molar-refractivity contribution is 8.00. The Morgan fingerprint density at radius 2 is 2.33 bits per heavy atom. The first-order valence-corrected chi connectivity index (χ1v) is 6.08. The van der Waals surface area contributed by atoms with Crippen molar-refractivity contribution >= 4 is 17.4 Å². The molecule has 1 aromatic carbocycles. The van der Waals surface area contributed by atoms with Gasteiger partial charge in [-0.2, -0.15) is 11.8 Å². The predicted octanol–water partition coefficient (Wildman–Crippen LogP) is 2.34. The third-order valence-electron chi connectivity index (χ3n) is 2.68. The van der Waals surface area contributed by atoms with Crippen molar-refractivity contribution in [1.29, 1.82) is 0 Å². The molecule has 0 amide bonds. The smallest absolute Gasteiger partial charge is 0.125 e. The lowest BCUT2D eigenvalue weighted by Crippen LogP contribution is -2.13. The van der Waals surface area contributed by atoms with Gasteiger partial charge in [0, 0.05) is 16.5 Å². The Hall–Kier alpha value is -0.740. The standard InChI is InChI=1S/C11H14FNOS/c12-7-3-4-8(9(13)6-7)11(14)10-2-1-5-15-10/h3-4,6,10-11,14H,1-2,5,13H2. The van der Waals surface area contributed by atoms with Crippen LogP contribution in [0.4, 0.5) is 10.1 Å². The molecule has 2 rings (SSSR count). The van der Waals surface area contributed by atoms with Crippen molar-refractivity contribution in [2.45, 2.75) is 24.2 Å². The number of rotatable bonds is 2. The maximum absolute atomic E-state index is 12.8. The molecule has 3 N–H and O–H groups in total. The van der Waals surface area contributed by atoms with E-state index in [-0.39, 0.29) is 11.1 Å². The molecule has 2 nitrogen and oxygen atoms in total. The van der Waals surface area contributed by atoms with Gasteiger partial charge in [-0.3, -0.25) is 0 Å². The summed E-state index contributed by atoms with van der Waals surface area (Å²) in [5, 5.41) is 10.3. The number of thioether (sulfide) groups is 1. The normalized spacial score (nSPS) is 22.9. The van der Waals surface area contributed by atoms with Gasteiger partial charge in [0.2, 0.25) is 0 Å². The van der Waals surface area contributed by atoms with E-state index in [1.165, 1.54) is 12.1 Å². The van der Waals surface area contributed by atoms with Gasteiger partial charge in [-0.15, -0.1) is 0 Å². The molecular formula is C11H14FNOS. The van der Waals surface area contributed by atoms with Gasteiger partial charge in [-0.05, 0) is 30.7 Å². The number of aliphatic hydroxyl groups is 1. The minimum absolute atomic E-state index is 0.206. The zero-order valence-corrected chi connectivity index (χ0v) is 9.14. The fraction of sp³-hybridized carbons (Fsp3) is 0.455. The van der Waals surface area contributed by atoms with Crippen molar-refractivity contribution in [3.05, 3.63) is 29.6 Å². The summed E-state index contributed by atoms with van der Waals surface area (Å²) in [4.78, 5) is 0. The summed E-state index contributed by atoms with van der Waals surface area (Å²) in [5.74, 6) is 0.727. The topological polar surface area (TPSA) is 46.2 Å². The number of nitrogens with two attached hydrogens (primary N) is 1. The van der Waals surface area contributed by atoms with E-state index in [1.807, 2.05) is 0 Å². The van der Waals surface area contributed by atoms with Crippen LogP contribution in [0.2, 0.25) is 0 Å². The highest BCUT2D eigenvalue weighted by Gasteiger charge is 2.26. The molecular weight excluding hydrogens is 213 g/mol. The Morgan fingerprint density at radius 3 is 2.93 bits per heavy atom. The Kier molecular flexibility index (Phi) is 3.17. The predicted molar refractivity (Wildman–Crippen MR) is 61.3 cm³/mol. The molecule has 1 aliphatic heterocycles. The van der Waals surface area contributed by atoms with E-state index in [1.54, 1.807) is 17.8 Å². The Bertz CT molecular complexity index is 352. The summed E-state index contributed by atoms with van der Waals surface area (Å²) in [7, 11) is 0. The lowest BCUT2D eigenvalue weighted by Gasteiger charge is -2.18. The number of halogens is 1. The quantitative estimate of drug-likeness (QED) is 0.762. The number of anilines is 1. The summed E-state index contributed by atoms with van der Waals surface area (Å²) in [6.07, 6.45) is 1.56. The molecule has 0 aromatic heterocycles. The van der Waals surface area contributed by atoms with Gasteiger partial charge in [0.05, 0.1) is 6.10 Å². The average molecular weight is 227 g/mol. The summed E-state index contributed by atoms with van der Waals surface area (Å²) in [6, 6.07) is 4.18. The highest BCUT2D eigenvalue weighted by atomic mass is 32.2. The van der Waals surface area contributed by atoms with Crippen LogP contribution >= 0.6 is 11.8 Å². The summed E-state index contributed by atoms with van der Waals surface area (Å²) >= 11 is 1.76. The Morgan fingerprint density at radius 1 is 1.53 bits per heavy atom. The van der Waals surface area contributed by atoms with Crippen LogP contribution in [0, 0.1) is 5.82 Å². The molecule has 82 valence electrons. The first-order chi connectivity index (χ1) is 7.18. The molecule has 0 aliphatic carbocycles. The number of hydrogen-bond acceptors (Lipinski definition) is 3. The van der Waals surface area contributed by atoms with Crippen LogP contribution in [0.15, 0.2) is 18.2 Å². The summed E-state index contributed by atoms with van der Waals surface area (Å²) < 4.78 is 12.8. The molecule has 0 spiro atoms. The molecule has 15 heavy (non-hydrogen) atoms. The maximum Gasteiger partial charge on any atom is 0.125 e. The fourth-order valence-corrected chi connectivity index (χ4v) is 3.17. The molecule has 0 radical (unpaired) electrons. The van der Waals surface area contributed by atoms with Gasteiger partial charge >= 0.3 is 0 Å². The first kappa shape index (κ1) is 10.8. The van der Waals surface area contributed by atoms with Gasteiger partial charge in [0.15, 0.2) is 0 Å². The van der Waals surface area contributed by atoms with Gasteiger partial charge in [-0.25, -0.2) is 4.39 Å². The van der Waals surface area contributed by atoms with E-state index in [0.717, 1.165) is 18.6 Å². The molecule has 2 unspecified atom stereocenters. The molecule has 2 atom stereocenters. The third-order valence-corrected chi connectivity index (χ3v) is 4.13. The molecule has 1 aliphatic rings. The lowest BCUT2D eigenvalue weighted by molar-refractivity contribution is 0.174. The van der Waals surface area contributed by atoms with Crippen LogP contribution in [0.25, 0.3) is 0 Å². The summed E-state index contributed by atoms with van der Waals surface area (Å²) in [6.45, 7) is 0. The minimum atomic E-state index is -0.571. The second-order valence-corrected chi connectivity index (χ2v) is 5.12. The van der Waals surface area contributed by atoms with E-state index in [4.69, 9.17) is 5.73 Å². The van der Waals surface area contributed by atoms with Gasteiger partial charge in [0.1, 0.15) is 5.82 Å². The van der Waals surface area contributed by atoms with E-state index in [2.05, 4.69) is 0 Å². The van der Waals surface area contributed by atoms with Gasteiger partial charge in [-0.1, -0.05) is 6.07 Å². The number of benzene rings is 1. The first-order valence-electron chi connectivity index (χ1n) is 5.03. The highest BCUT2D eigenvalue weighted by Crippen LogP contribution is 2.37. The van der Waals surface area contributed by atoms with E-state index in [9.17, 15) is 9.50 Å². The van der Waals surface area contributed by atoms with E-state index >= 15 is 0 Å². The third kappa shape index (κ3) is 2.26. The SMILES string of the molecule is Nc1cc(F)ccc1C(O)C1CCCS1. The van der Waals surface area contributed by atoms with Crippen LogP contribution in [0.1, 0.15) is 24.5 Å². The van der Waals surface area contributed by atoms with E-state index < -0.39 is 6.10 Å². The molecule has 1 heterocycles. The van der Waals surface area contributed by atoms with Crippen LogP contribution in [-0.4, -0.2) is 16.1 Å². The lowest BCUT2D eigenvalue weighted by atomic mass is 10.0. The molecule has 0 bridgehead atoms. The van der Waals surface area contributed by atoms with Crippen LogP contribution in [0.3, 0.4) is 0 Å². The second kappa shape index (κ2) is 4.41. The van der Waals surface area contributed by atoms with Crippen molar-refractivity contribution in [3.8, 4) is 0 Å². The minimum Gasteiger partial charge on any atom is -0.398 e. The molecule has 1 aromatic rings. The summed E-state index contributed by atoms with van der Waals surface area (Å²) in [5.41, 5.74) is 6.67. The van der Waals surface area contributed by atoms with Crippen LogP contribution < -0.4 is 5.73 Å². The largest absolute Gasteiger partial charge is 0.398 e. The molecule has 0 saturated carbocycles. The Balaban J connectivity index is 2.20. The zero-order valence-electron chi connectivity index (χ0n) is 8.32. The number of nitrogen functional groups attached to an aromatic ring is 1. The average Bonchev–Trinajstić information content (AvgIpc) is 2.69. The van der Waals surface area contributed by atoms with E-state index in [0.29, 0.717) is 11.3 Å². The monoisotopic (exact) mass is 227 g/mol. The Labute approximate surface area is 92.7 Å². The fourth-order valence-electron chi connectivity index (χ4n) is 1.87. The molecule has 1 fully saturated rings. The molecule has 4 heteroatoms. The van der Waals surface area contributed by atoms with Gasteiger partial charge < -0.3 is 10.8 Å².